The molecule has 3 N–H and O–H groups in total. The number of rotatable bonds is 8. The molecule has 0 aliphatic carbocycles. The maximum absolute atomic E-state index is 10.5. The summed E-state index contributed by atoms with van der Waals surface area (Å²) in [5, 5.41) is 20.7. The standard InChI is InChI=1S/C13H17NO5/c1-19-12-7-9(2-4-11(12)16)6-10(14-8-15)3-5-13(17)18/h2,4,7-8,10,16H,3,5-6H2,1H3,(H,14,15)(H,17,18). The molecule has 0 saturated carbocycles. The van der Waals surface area contributed by atoms with Crippen molar-refractivity contribution < 1.29 is 24.5 Å². The highest BCUT2D eigenvalue weighted by atomic mass is 16.5. The van der Waals surface area contributed by atoms with Crippen molar-refractivity contribution in [2.45, 2.75) is 25.3 Å². The minimum Gasteiger partial charge on any atom is -0.504 e. The van der Waals surface area contributed by atoms with Crippen LogP contribution in [0.25, 0.3) is 0 Å². The van der Waals surface area contributed by atoms with Crippen LogP contribution in [0.15, 0.2) is 18.2 Å². The number of ether oxygens (including phenoxy) is 1. The van der Waals surface area contributed by atoms with Crippen molar-refractivity contribution >= 4 is 12.4 Å². The maximum Gasteiger partial charge on any atom is 0.303 e. The summed E-state index contributed by atoms with van der Waals surface area (Å²) in [5.74, 6) is -0.516. The Morgan fingerprint density at radius 2 is 2.26 bits per heavy atom. The van der Waals surface area contributed by atoms with Crippen molar-refractivity contribution in [1.29, 1.82) is 0 Å². The molecule has 0 saturated heterocycles. The second kappa shape index (κ2) is 7.25. The normalized spacial score (nSPS) is 11.6. The van der Waals surface area contributed by atoms with Crippen LogP contribution in [0.1, 0.15) is 18.4 Å². The SMILES string of the molecule is COc1cc(CC(CCC(=O)O)NC=O)ccc1O. The number of phenols is 1. The summed E-state index contributed by atoms with van der Waals surface area (Å²) in [6, 6.07) is 4.61. The van der Waals surface area contributed by atoms with Gasteiger partial charge in [-0.3, -0.25) is 9.59 Å². The Bertz CT molecular complexity index is 447. The first-order valence-electron chi connectivity index (χ1n) is 5.84. The van der Waals surface area contributed by atoms with Gasteiger partial charge in [-0.05, 0) is 30.5 Å². The van der Waals surface area contributed by atoms with Crippen LogP contribution in [0.5, 0.6) is 11.5 Å². The van der Waals surface area contributed by atoms with E-state index in [1.165, 1.54) is 13.2 Å². The van der Waals surface area contributed by atoms with Crippen molar-refractivity contribution in [1.82, 2.24) is 5.32 Å². The summed E-state index contributed by atoms with van der Waals surface area (Å²) < 4.78 is 4.99. The number of carbonyl (C=O) groups excluding carboxylic acids is 1. The molecule has 6 heteroatoms. The number of phenolic OH excluding ortho intramolecular Hbond substituents is 1. The number of hydrogen-bond acceptors (Lipinski definition) is 4. The van der Waals surface area contributed by atoms with Gasteiger partial charge in [0.1, 0.15) is 0 Å². The fourth-order valence-corrected chi connectivity index (χ4v) is 1.77. The topological polar surface area (TPSA) is 95.9 Å². The third-order valence-electron chi connectivity index (χ3n) is 2.74. The molecule has 0 aliphatic heterocycles. The summed E-state index contributed by atoms with van der Waals surface area (Å²) in [7, 11) is 1.45. The highest BCUT2D eigenvalue weighted by molar-refractivity contribution is 5.66. The van der Waals surface area contributed by atoms with E-state index >= 15 is 0 Å². The molecule has 104 valence electrons. The number of hydrogen-bond donors (Lipinski definition) is 3. The number of carboxylic acids is 1. The Hall–Kier alpha value is -2.24. The van der Waals surface area contributed by atoms with Crippen LogP contribution in [-0.2, 0) is 16.0 Å². The number of amides is 1. The van der Waals surface area contributed by atoms with Crippen molar-refractivity contribution in [2.75, 3.05) is 7.11 Å². The fraction of sp³-hybridized carbons (Fsp3) is 0.385. The molecule has 0 fully saturated rings. The van der Waals surface area contributed by atoms with Gasteiger partial charge >= 0.3 is 5.97 Å². The first-order chi connectivity index (χ1) is 9.06. The van der Waals surface area contributed by atoms with Crippen LogP contribution in [0.4, 0.5) is 0 Å². The molecule has 1 unspecified atom stereocenters. The molecule has 1 aromatic carbocycles. The molecule has 0 heterocycles. The van der Waals surface area contributed by atoms with E-state index in [9.17, 15) is 14.7 Å². The Labute approximate surface area is 111 Å². The lowest BCUT2D eigenvalue weighted by Crippen LogP contribution is -2.30. The summed E-state index contributed by atoms with van der Waals surface area (Å²) in [6.45, 7) is 0. The number of aliphatic carboxylic acids is 1. The third kappa shape index (κ3) is 4.87. The smallest absolute Gasteiger partial charge is 0.303 e. The van der Waals surface area contributed by atoms with Crippen molar-refractivity contribution in [3.05, 3.63) is 23.8 Å². The molecular formula is C13H17NO5. The predicted octanol–water partition coefficient (Wildman–Crippen LogP) is 0.923. The Balaban J connectivity index is 2.72. The average Bonchev–Trinajstić information content (AvgIpc) is 2.38. The van der Waals surface area contributed by atoms with Gasteiger partial charge in [-0.1, -0.05) is 6.07 Å². The van der Waals surface area contributed by atoms with Crippen LogP contribution in [0.3, 0.4) is 0 Å². The second-order valence-corrected chi connectivity index (χ2v) is 4.12. The molecule has 1 amide bonds. The zero-order valence-corrected chi connectivity index (χ0v) is 10.6. The molecule has 1 rings (SSSR count). The first kappa shape index (κ1) is 14.8. The quantitative estimate of drug-likeness (QED) is 0.609. The van der Waals surface area contributed by atoms with Gasteiger partial charge in [-0.15, -0.1) is 0 Å². The third-order valence-corrected chi connectivity index (χ3v) is 2.74. The van der Waals surface area contributed by atoms with E-state index in [2.05, 4.69) is 5.32 Å². The molecule has 0 bridgehead atoms. The van der Waals surface area contributed by atoms with Gasteiger partial charge in [-0.25, -0.2) is 0 Å². The lowest BCUT2D eigenvalue weighted by molar-refractivity contribution is -0.137. The highest BCUT2D eigenvalue weighted by Crippen LogP contribution is 2.26. The van der Waals surface area contributed by atoms with Gasteiger partial charge in [0, 0.05) is 12.5 Å². The van der Waals surface area contributed by atoms with Gasteiger partial charge in [0.25, 0.3) is 0 Å². The van der Waals surface area contributed by atoms with E-state index in [1.807, 2.05) is 0 Å². The molecule has 0 aromatic heterocycles. The van der Waals surface area contributed by atoms with Crippen LogP contribution in [-0.4, -0.2) is 35.7 Å². The summed E-state index contributed by atoms with van der Waals surface area (Å²) in [5.41, 5.74) is 0.847. The number of benzene rings is 1. The molecule has 1 atom stereocenters. The van der Waals surface area contributed by atoms with E-state index in [0.29, 0.717) is 25.0 Å². The van der Waals surface area contributed by atoms with E-state index in [1.54, 1.807) is 12.1 Å². The van der Waals surface area contributed by atoms with E-state index in [4.69, 9.17) is 9.84 Å². The molecule has 0 radical (unpaired) electrons. The first-order valence-corrected chi connectivity index (χ1v) is 5.84. The predicted molar refractivity (Wildman–Crippen MR) is 68.2 cm³/mol. The lowest BCUT2D eigenvalue weighted by atomic mass is 10.0. The zero-order chi connectivity index (χ0) is 14.3. The number of nitrogens with one attached hydrogen (secondary N) is 1. The van der Waals surface area contributed by atoms with Gasteiger partial charge in [0.15, 0.2) is 11.5 Å². The fourth-order valence-electron chi connectivity index (χ4n) is 1.77. The summed E-state index contributed by atoms with van der Waals surface area (Å²) in [4.78, 5) is 21.0. The van der Waals surface area contributed by atoms with Gasteiger partial charge < -0.3 is 20.3 Å². The van der Waals surface area contributed by atoms with Crippen molar-refractivity contribution in [2.24, 2.45) is 0 Å². The summed E-state index contributed by atoms with van der Waals surface area (Å²) >= 11 is 0. The van der Waals surface area contributed by atoms with E-state index in [-0.39, 0.29) is 18.2 Å². The Morgan fingerprint density at radius 3 is 2.84 bits per heavy atom. The van der Waals surface area contributed by atoms with Crippen LogP contribution in [0.2, 0.25) is 0 Å². The van der Waals surface area contributed by atoms with Crippen molar-refractivity contribution in [3.63, 3.8) is 0 Å². The molecule has 6 nitrogen and oxygen atoms in total. The van der Waals surface area contributed by atoms with Crippen LogP contribution in [0, 0.1) is 0 Å². The lowest BCUT2D eigenvalue weighted by Gasteiger charge is -2.15. The van der Waals surface area contributed by atoms with Gasteiger partial charge in [-0.2, -0.15) is 0 Å². The van der Waals surface area contributed by atoms with Crippen molar-refractivity contribution in [3.8, 4) is 11.5 Å². The number of methoxy groups -OCH3 is 1. The monoisotopic (exact) mass is 267 g/mol. The second-order valence-electron chi connectivity index (χ2n) is 4.12. The largest absolute Gasteiger partial charge is 0.504 e. The highest BCUT2D eigenvalue weighted by Gasteiger charge is 2.12. The summed E-state index contributed by atoms with van der Waals surface area (Å²) in [6.07, 6.45) is 1.37. The number of aromatic hydroxyl groups is 1. The average molecular weight is 267 g/mol. The van der Waals surface area contributed by atoms with E-state index < -0.39 is 5.97 Å². The molecule has 19 heavy (non-hydrogen) atoms. The maximum atomic E-state index is 10.5. The van der Waals surface area contributed by atoms with Gasteiger partial charge in [0.05, 0.1) is 7.11 Å². The zero-order valence-electron chi connectivity index (χ0n) is 10.6. The van der Waals surface area contributed by atoms with Crippen LogP contribution >= 0.6 is 0 Å². The molecule has 0 aliphatic rings. The number of carbonyl (C=O) groups is 2. The van der Waals surface area contributed by atoms with E-state index in [0.717, 1.165) is 5.56 Å². The minimum atomic E-state index is -0.902. The molecule has 0 spiro atoms. The Kier molecular flexibility index (Phi) is 5.66. The molecule has 1 aromatic rings. The number of carboxylic acid groups (broad SMARTS) is 1. The Morgan fingerprint density at radius 1 is 1.53 bits per heavy atom. The minimum absolute atomic E-state index is 0.0132. The van der Waals surface area contributed by atoms with Gasteiger partial charge in [0.2, 0.25) is 6.41 Å². The van der Waals surface area contributed by atoms with Crippen LogP contribution < -0.4 is 10.1 Å². The molecular weight excluding hydrogens is 250 g/mol.